The Morgan fingerprint density at radius 3 is 2.43 bits per heavy atom. The van der Waals surface area contributed by atoms with Gasteiger partial charge in [-0.25, -0.2) is 9.18 Å². The summed E-state index contributed by atoms with van der Waals surface area (Å²) >= 11 is 0. The van der Waals surface area contributed by atoms with Gasteiger partial charge in [0.2, 0.25) is 5.91 Å². The third-order valence-electron chi connectivity index (χ3n) is 4.77. The zero-order valence-electron chi connectivity index (χ0n) is 16.4. The molecular formula is C22H23FN2O5. The monoisotopic (exact) mass is 414 g/mol. The van der Waals surface area contributed by atoms with E-state index in [0.29, 0.717) is 25.9 Å². The molecule has 1 N–H and O–H groups in total. The second-order valence-electron chi connectivity index (χ2n) is 6.92. The van der Waals surface area contributed by atoms with Gasteiger partial charge in [-0.1, -0.05) is 24.3 Å². The summed E-state index contributed by atoms with van der Waals surface area (Å²) in [6, 6.07) is 14.6. The summed E-state index contributed by atoms with van der Waals surface area (Å²) in [5, 5.41) is 2.88. The minimum Gasteiger partial charge on any atom is -0.482 e. The molecule has 0 aromatic heterocycles. The number of carbonyl (C=O) groups is 3. The highest BCUT2D eigenvalue weighted by Gasteiger charge is 2.27. The third kappa shape index (κ3) is 6.30. The minimum absolute atomic E-state index is 0.0609. The van der Waals surface area contributed by atoms with Gasteiger partial charge in [0.1, 0.15) is 11.6 Å². The topological polar surface area (TPSA) is 84.9 Å². The number of nitrogens with one attached hydrogen (secondary N) is 1. The van der Waals surface area contributed by atoms with Crippen LogP contribution in [0.1, 0.15) is 12.8 Å². The zero-order chi connectivity index (χ0) is 21.3. The molecule has 0 saturated carbocycles. The fourth-order valence-electron chi connectivity index (χ4n) is 3.13. The van der Waals surface area contributed by atoms with Crippen LogP contribution >= 0.6 is 0 Å². The number of nitrogens with zero attached hydrogens (tertiary/aromatic N) is 1. The van der Waals surface area contributed by atoms with Crippen molar-refractivity contribution < 1.29 is 28.2 Å². The molecule has 0 unspecified atom stereocenters. The molecule has 3 rings (SSSR count). The first kappa shape index (κ1) is 21.3. The van der Waals surface area contributed by atoms with Crippen LogP contribution in [0.3, 0.4) is 0 Å². The van der Waals surface area contributed by atoms with Gasteiger partial charge in [-0.2, -0.15) is 0 Å². The first-order valence-corrected chi connectivity index (χ1v) is 9.69. The van der Waals surface area contributed by atoms with E-state index in [1.807, 2.05) is 30.3 Å². The highest BCUT2D eigenvalue weighted by Crippen LogP contribution is 2.19. The highest BCUT2D eigenvalue weighted by molar-refractivity contribution is 5.92. The molecule has 0 aliphatic carbocycles. The maximum Gasteiger partial charge on any atom is 0.344 e. The van der Waals surface area contributed by atoms with Crippen molar-refractivity contribution in [2.24, 2.45) is 5.92 Å². The van der Waals surface area contributed by atoms with E-state index in [4.69, 9.17) is 9.47 Å². The second-order valence-corrected chi connectivity index (χ2v) is 6.92. The number of hydrogen-bond donors (Lipinski definition) is 1. The Balaban J connectivity index is 1.35. The van der Waals surface area contributed by atoms with Crippen molar-refractivity contribution in [2.75, 3.05) is 31.6 Å². The number of esters is 1. The summed E-state index contributed by atoms with van der Waals surface area (Å²) < 4.78 is 23.1. The van der Waals surface area contributed by atoms with Crippen molar-refractivity contribution in [3.63, 3.8) is 0 Å². The molecule has 1 fully saturated rings. The van der Waals surface area contributed by atoms with Crippen molar-refractivity contribution in [3.05, 3.63) is 60.4 Å². The molecule has 1 saturated heterocycles. The Morgan fingerprint density at radius 1 is 1.00 bits per heavy atom. The first-order chi connectivity index (χ1) is 14.5. The number of anilines is 1. The number of halogens is 1. The van der Waals surface area contributed by atoms with Crippen LogP contribution in [0.5, 0.6) is 5.75 Å². The number of rotatable bonds is 7. The molecule has 0 atom stereocenters. The number of para-hydroxylation sites is 1. The van der Waals surface area contributed by atoms with Gasteiger partial charge in [0.15, 0.2) is 13.2 Å². The number of amides is 2. The largest absolute Gasteiger partial charge is 0.482 e. The van der Waals surface area contributed by atoms with Gasteiger partial charge in [-0.15, -0.1) is 0 Å². The average Bonchev–Trinajstić information content (AvgIpc) is 2.77. The summed E-state index contributed by atoms with van der Waals surface area (Å²) in [5.74, 6) is -1.54. The normalized spacial score (nSPS) is 14.1. The summed E-state index contributed by atoms with van der Waals surface area (Å²) in [6.45, 7) is 0.0246. The number of benzene rings is 2. The van der Waals surface area contributed by atoms with E-state index in [0.717, 1.165) is 11.8 Å². The molecule has 8 heteroatoms. The van der Waals surface area contributed by atoms with E-state index < -0.39 is 25.0 Å². The Bertz CT molecular complexity index is 882. The molecule has 2 amide bonds. The predicted octanol–water partition coefficient (Wildman–Crippen LogP) is 2.63. The number of carbonyl (C=O) groups excluding carboxylic acids is 3. The molecule has 1 aliphatic heterocycles. The number of hydrogen-bond acceptors (Lipinski definition) is 5. The minimum atomic E-state index is -0.718. The van der Waals surface area contributed by atoms with Crippen LogP contribution in [0.4, 0.5) is 10.1 Å². The number of piperidine rings is 1. The smallest absolute Gasteiger partial charge is 0.344 e. The summed E-state index contributed by atoms with van der Waals surface area (Å²) in [6.07, 6.45) is 1.09. The van der Waals surface area contributed by atoms with E-state index in [9.17, 15) is 18.8 Å². The Morgan fingerprint density at radius 2 is 1.73 bits per heavy atom. The van der Waals surface area contributed by atoms with E-state index in [1.165, 1.54) is 18.2 Å². The SMILES string of the molecule is O=C(COc1cccc(F)c1)OCC(=O)N1CCC(C(=O)Nc2ccccc2)CC1. The molecule has 30 heavy (non-hydrogen) atoms. The molecule has 2 aromatic carbocycles. The van der Waals surface area contributed by atoms with E-state index in [1.54, 1.807) is 4.90 Å². The van der Waals surface area contributed by atoms with E-state index in [2.05, 4.69) is 5.32 Å². The summed E-state index contributed by atoms with van der Waals surface area (Å²) in [5.41, 5.74) is 0.744. The Labute approximate surface area is 173 Å². The Kier molecular flexibility index (Phi) is 7.37. The fourth-order valence-corrected chi connectivity index (χ4v) is 3.13. The van der Waals surface area contributed by atoms with Crippen LogP contribution < -0.4 is 10.1 Å². The summed E-state index contributed by atoms with van der Waals surface area (Å²) in [7, 11) is 0. The van der Waals surface area contributed by atoms with Crippen molar-refractivity contribution in [3.8, 4) is 5.75 Å². The second kappa shape index (κ2) is 10.4. The van der Waals surface area contributed by atoms with Gasteiger partial charge in [0, 0.05) is 30.8 Å². The molecule has 7 nitrogen and oxygen atoms in total. The average molecular weight is 414 g/mol. The lowest BCUT2D eigenvalue weighted by Gasteiger charge is -2.31. The van der Waals surface area contributed by atoms with Crippen LogP contribution in [-0.4, -0.2) is 49.0 Å². The molecule has 2 aromatic rings. The van der Waals surface area contributed by atoms with Gasteiger partial charge >= 0.3 is 5.97 Å². The van der Waals surface area contributed by atoms with Gasteiger partial charge in [0.25, 0.3) is 5.91 Å². The molecule has 1 heterocycles. The molecule has 1 aliphatic rings. The van der Waals surface area contributed by atoms with Crippen LogP contribution in [-0.2, 0) is 19.1 Å². The lowest BCUT2D eigenvalue weighted by atomic mass is 9.95. The van der Waals surface area contributed by atoms with E-state index in [-0.39, 0.29) is 23.5 Å². The van der Waals surface area contributed by atoms with Crippen LogP contribution in [0, 0.1) is 11.7 Å². The van der Waals surface area contributed by atoms with Gasteiger partial charge < -0.3 is 19.7 Å². The van der Waals surface area contributed by atoms with Gasteiger partial charge in [-0.3, -0.25) is 9.59 Å². The maximum atomic E-state index is 13.1. The number of ether oxygens (including phenoxy) is 2. The molecular weight excluding hydrogens is 391 g/mol. The van der Waals surface area contributed by atoms with Crippen molar-refractivity contribution in [2.45, 2.75) is 12.8 Å². The van der Waals surface area contributed by atoms with Crippen molar-refractivity contribution >= 4 is 23.5 Å². The molecule has 0 spiro atoms. The first-order valence-electron chi connectivity index (χ1n) is 9.69. The van der Waals surface area contributed by atoms with Crippen LogP contribution in [0.2, 0.25) is 0 Å². The molecule has 158 valence electrons. The highest BCUT2D eigenvalue weighted by atomic mass is 19.1. The van der Waals surface area contributed by atoms with Crippen LogP contribution in [0.25, 0.3) is 0 Å². The van der Waals surface area contributed by atoms with E-state index >= 15 is 0 Å². The predicted molar refractivity (Wildman–Crippen MR) is 107 cm³/mol. The maximum absolute atomic E-state index is 13.1. The van der Waals surface area contributed by atoms with Gasteiger partial charge in [-0.05, 0) is 37.1 Å². The lowest BCUT2D eigenvalue weighted by Crippen LogP contribution is -2.43. The zero-order valence-corrected chi connectivity index (χ0v) is 16.4. The lowest BCUT2D eigenvalue weighted by molar-refractivity contribution is -0.154. The third-order valence-corrected chi connectivity index (χ3v) is 4.77. The summed E-state index contributed by atoms with van der Waals surface area (Å²) in [4.78, 5) is 37.9. The van der Waals surface area contributed by atoms with Crippen LogP contribution in [0.15, 0.2) is 54.6 Å². The fraction of sp³-hybridized carbons (Fsp3) is 0.318. The van der Waals surface area contributed by atoms with Crippen molar-refractivity contribution in [1.82, 2.24) is 4.90 Å². The quantitative estimate of drug-likeness (QED) is 0.704. The standard InChI is InChI=1S/C22H23FN2O5/c23-17-5-4-8-19(13-17)29-15-21(27)30-14-20(26)25-11-9-16(10-12-25)22(28)24-18-6-2-1-3-7-18/h1-8,13,16H,9-12,14-15H2,(H,24,28). The molecule has 0 bridgehead atoms. The number of likely N-dealkylation sites (tertiary alicyclic amines) is 1. The van der Waals surface area contributed by atoms with Gasteiger partial charge in [0.05, 0.1) is 0 Å². The van der Waals surface area contributed by atoms with Crippen molar-refractivity contribution in [1.29, 1.82) is 0 Å². The molecule has 0 radical (unpaired) electrons. The Hall–Kier alpha value is -3.42.